The number of carbonyl (C=O) groups excluding carboxylic acids is 1. The topological polar surface area (TPSA) is 51.0 Å². The first-order valence-corrected chi connectivity index (χ1v) is 11.4. The fourth-order valence-electron chi connectivity index (χ4n) is 4.93. The zero-order valence-electron chi connectivity index (χ0n) is 16.0. The molecule has 0 N–H and O–H groups in total. The van der Waals surface area contributed by atoms with Crippen LogP contribution in [0.5, 0.6) is 0 Å². The molecule has 27 heavy (non-hydrogen) atoms. The van der Waals surface area contributed by atoms with E-state index < -0.39 is 0 Å². The van der Waals surface area contributed by atoms with Crippen LogP contribution in [-0.4, -0.2) is 38.7 Å². The SMILES string of the molecule is O=C(c1cc2c(s1)CCCC2)N1CCCC(c2nnc3n2CCCCC3)C1. The molecule has 1 amide bonds. The van der Waals surface area contributed by atoms with E-state index >= 15 is 0 Å². The number of fused-ring (bicyclic) bond motifs is 2. The van der Waals surface area contributed by atoms with Gasteiger partial charge >= 0.3 is 0 Å². The second-order valence-electron chi connectivity index (χ2n) is 8.29. The lowest BCUT2D eigenvalue weighted by molar-refractivity contribution is 0.0708. The number of hydrogen-bond acceptors (Lipinski definition) is 4. The Kier molecular flexibility index (Phi) is 4.76. The Bertz CT molecular complexity index is 816. The van der Waals surface area contributed by atoms with Crippen molar-refractivity contribution in [3.05, 3.63) is 33.0 Å². The van der Waals surface area contributed by atoms with Crippen molar-refractivity contribution in [1.82, 2.24) is 19.7 Å². The van der Waals surface area contributed by atoms with Crippen LogP contribution in [0.4, 0.5) is 0 Å². The van der Waals surface area contributed by atoms with E-state index in [-0.39, 0.29) is 5.91 Å². The van der Waals surface area contributed by atoms with E-state index in [9.17, 15) is 4.79 Å². The number of aryl methyl sites for hydroxylation is 3. The first-order chi connectivity index (χ1) is 13.3. The van der Waals surface area contributed by atoms with E-state index in [0.717, 1.165) is 68.3 Å². The van der Waals surface area contributed by atoms with E-state index in [4.69, 9.17) is 0 Å². The summed E-state index contributed by atoms with van der Waals surface area (Å²) in [6, 6.07) is 2.17. The smallest absolute Gasteiger partial charge is 0.263 e. The van der Waals surface area contributed by atoms with Gasteiger partial charge < -0.3 is 9.47 Å². The van der Waals surface area contributed by atoms with E-state index in [1.54, 1.807) is 11.3 Å². The van der Waals surface area contributed by atoms with Gasteiger partial charge in [0.25, 0.3) is 5.91 Å². The molecule has 0 bridgehead atoms. The van der Waals surface area contributed by atoms with E-state index in [1.807, 2.05) is 0 Å². The van der Waals surface area contributed by atoms with Crippen LogP contribution in [0, 0.1) is 0 Å². The third-order valence-corrected chi connectivity index (χ3v) is 7.64. The molecule has 0 spiro atoms. The minimum atomic E-state index is 0.231. The average Bonchev–Trinajstić information content (AvgIpc) is 3.25. The van der Waals surface area contributed by atoms with Gasteiger partial charge in [-0.05, 0) is 63.0 Å². The van der Waals surface area contributed by atoms with E-state index in [1.165, 1.54) is 42.5 Å². The lowest BCUT2D eigenvalue weighted by Crippen LogP contribution is -2.39. The maximum Gasteiger partial charge on any atom is 0.263 e. The third kappa shape index (κ3) is 3.33. The molecule has 1 unspecified atom stereocenters. The normalized spacial score (nSPS) is 22.8. The summed E-state index contributed by atoms with van der Waals surface area (Å²) >= 11 is 1.74. The number of aromatic nitrogens is 3. The molecular formula is C21H28N4OS. The number of piperidine rings is 1. The standard InChI is InChI=1S/C21H28N4OS/c26-21(18-13-15-7-3-4-9-17(15)27-18)24-11-6-8-16(14-24)20-23-22-19-10-2-1-5-12-25(19)20/h13,16H,1-12,14H2. The molecule has 0 radical (unpaired) electrons. The molecule has 1 aliphatic carbocycles. The van der Waals surface area contributed by atoms with Gasteiger partial charge in [0.15, 0.2) is 0 Å². The van der Waals surface area contributed by atoms with Gasteiger partial charge in [-0.3, -0.25) is 4.79 Å². The van der Waals surface area contributed by atoms with E-state index in [2.05, 4.69) is 25.7 Å². The molecule has 1 fully saturated rings. The molecule has 2 aromatic heterocycles. The number of nitrogens with zero attached hydrogens (tertiary/aromatic N) is 4. The van der Waals surface area contributed by atoms with Crippen molar-refractivity contribution in [3.8, 4) is 0 Å². The molecule has 144 valence electrons. The van der Waals surface area contributed by atoms with Crippen molar-refractivity contribution in [2.24, 2.45) is 0 Å². The van der Waals surface area contributed by atoms with Gasteiger partial charge in [0.2, 0.25) is 0 Å². The van der Waals surface area contributed by atoms with Crippen molar-refractivity contribution < 1.29 is 4.79 Å². The molecule has 3 aliphatic rings. The van der Waals surface area contributed by atoms with E-state index in [0.29, 0.717) is 5.92 Å². The molecule has 1 atom stereocenters. The molecule has 5 rings (SSSR count). The predicted molar refractivity (Wildman–Crippen MR) is 106 cm³/mol. The Morgan fingerprint density at radius 3 is 2.81 bits per heavy atom. The largest absolute Gasteiger partial charge is 0.337 e. The summed E-state index contributed by atoms with van der Waals surface area (Å²) in [6.45, 7) is 2.71. The van der Waals surface area contributed by atoms with Gasteiger partial charge in [-0.25, -0.2) is 0 Å². The number of carbonyl (C=O) groups is 1. The second-order valence-corrected chi connectivity index (χ2v) is 9.43. The highest BCUT2D eigenvalue weighted by atomic mass is 32.1. The Labute approximate surface area is 164 Å². The summed E-state index contributed by atoms with van der Waals surface area (Å²) in [6.07, 6.45) is 11.8. The van der Waals surface area contributed by atoms with Crippen molar-refractivity contribution >= 4 is 17.2 Å². The molecule has 5 nitrogen and oxygen atoms in total. The Balaban J connectivity index is 1.34. The zero-order chi connectivity index (χ0) is 18.2. The van der Waals surface area contributed by atoms with Gasteiger partial charge in [-0.15, -0.1) is 21.5 Å². The summed E-state index contributed by atoms with van der Waals surface area (Å²) in [4.78, 5) is 17.6. The zero-order valence-corrected chi connectivity index (χ0v) is 16.8. The van der Waals surface area contributed by atoms with Gasteiger partial charge in [-0.1, -0.05) is 6.42 Å². The minimum absolute atomic E-state index is 0.231. The van der Waals surface area contributed by atoms with Crippen molar-refractivity contribution in [2.45, 2.75) is 76.7 Å². The summed E-state index contributed by atoms with van der Waals surface area (Å²) in [5.74, 6) is 2.83. The fraction of sp³-hybridized carbons (Fsp3) is 0.667. The first-order valence-electron chi connectivity index (χ1n) is 10.6. The minimum Gasteiger partial charge on any atom is -0.337 e. The van der Waals surface area contributed by atoms with Crippen LogP contribution in [0.3, 0.4) is 0 Å². The Hall–Kier alpha value is -1.69. The van der Waals surface area contributed by atoms with Gasteiger partial charge in [-0.2, -0.15) is 0 Å². The number of rotatable bonds is 2. The van der Waals surface area contributed by atoms with Crippen LogP contribution < -0.4 is 0 Å². The summed E-state index contributed by atoms with van der Waals surface area (Å²) < 4.78 is 2.36. The molecule has 0 aromatic carbocycles. The third-order valence-electron chi connectivity index (χ3n) is 6.42. The Morgan fingerprint density at radius 2 is 1.89 bits per heavy atom. The fourth-order valence-corrected chi connectivity index (χ4v) is 6.16. The van der Waals surface area contributed by atoms with Crippen molar-refractivity contribution in [3.63, 3.8) is 0 Å². The number of hydrogen-bond donors (Lipinski definition) is 0. The van der Waals surface area contributed by atoms with Crippen LogP contribution in [0.25, 0.3) is 0 Å². The van der Waals surface area contributed by atoms with Gasteiger partial charge in [0, 0.05) is 36.9 Å². The maximum absolute atomic E-state index is 13.2. The number of likely N-dealkylation sites (tertiary alicyclic amines) is 1. The lowest BCUT2D eigenvalue weighted by Gasteiger charge is -2.32. The quantitative estimate of drug-likeness (QED) is 0.787. The van der Waals surface area contributed by atoms with Gasteiger partial charge in [0.1, 0.15) is 11.6 Å². The average molecular weight is 385 g/mol. The number of thiophene rings is 1. The molecule has 2 aliphatic heterocycles. The molecular weight excluding hydrogens is 356 g/mol. The molecule has 1 saturated heterocycles. The van der Waals surface area contributed by atoms with Crippen LogP contribution in [0.1, 0.15) is 82.6 Å². The van der Waals surface area contributed by atoms with Gasteiger partial charge in [0.05, 0.1) is 4.88 Å². The maximum atomic E-state index is 13.2. The Morgan fingerprint density at radius 1 is 1.00 bits per heavy atom. The summed E-state index contributed by atoms with van der Waals surface area (Å²) in [7, 11) is 0. The first kappa shape index (κ1) is 17.4. The molecule has 2 aromatic rings. The molecule has 0 saturated carbocycles. The van der Waals surface area contributed by atoms with Crippen molar-refractivity contribution in [1.29, 1.82) is 0 Å². The number of amides is 1. The highest BCUT2D eigenvalue weighted by Crippen LogP contribution is 2.33. The van der Waals surface area contributed by atoms with Crippen molar-refractivity contribution in [2.75, 3.05) is 13.1 Å². The monoisotopic (exact) mass is 384 g/mol. The molecule has 4 heterocycles. The van der Waals surface area contributed by atoms with Crippen LogP contribution in [0.15, 0.2) is 6.07 Å². The summed E-state index contributed by atoms with van der Waals surface area (Å²) in [5.41, 5.74) is 1.42. The molecule has 6 heteroatoms. The van der Waals surface area contributed by atoms with Crippen LogP contribution in [-0.2, 0) is 25.8 Å². The van der Waals surface area contributed by atoms with Crippen LogP contribution >= 0.6 is 11.3 Å². The lowest BCUT2D eigenvalue weighted by atomic mass is 9.96. The summed E-state index contributed by atoms with van der Waals surface area (Å²) in [5, 5.41) is 9.04. The van der Waals surface area contributed by atoms with Crippen LogP contribution in [0.2, 0.25) is 0 Å². The second kappa shape index (κ2) is 7.38. The highest BCUT2D eigenvalue weighted by Gasteiger charge is 2.31. The highest BCUT2D eigenvalue weighted by molar-refractivity contribution is 7.14. The predicted octanol–water partition coefficient (Wildman–Crippen LogP) is 3.96.